The summed E-state index contributed by atoms with van der Waals surface area (Å²) in [6.45, 7) is 2.79. The number of rotatable bonds is 3. The van der Waals surface area contributed by atoms with Gasteiger partial charge in [-0.25, -0.2) is 0 Å². The van der Waals surface area contributed by atoms with Crippen molar-refractivity contribution < 1.29 is 4.74 Å². The highest BCUT2D eigenvalue weighted by molar-refractivity contribution is 5.85. The lowest BCUT2D eigenvalue weighted by molar-refractivity contribution is 0.415. The first kappa shape index (κ1) is 10.1. The first-order valence-corrected chi connectivity index (χ1v) is 5.11. The number of H-pyrrole nitrogens is 1. The van der Waals surface area contributed by atoms with Crippen LogP contribution < -0.4 is 10.5 Å². The molecule has 0 aliphatic carbocycles. The molecule has 0 unspecified atom stereocenters. The molecule has 0 aliphatic heterocycles. The average Bonchev–Trinajstić information content (AvgIpc) is 2.56. The van der Waals surface area contributed by atoms with Gasteiger partial charge < -0.3 is 15.5 Å². The van der Waals surface area contributed by atoms with Crippen molar-refractivity contribution in [3.8, 4) is 5.75 Å². The number of ether oxygens (including phenoxy) is 1. The van der Waals surface area contributed by atoms with Gasteiger partial charge in [0.25, 0.3) is 0 Å². The van der Waals surface area contributed by atoms with Crippen LogP contribution in [0.15, 0.2) is 18.2 Å². The van der Waals surface area contributed by atoms with Gasteiger partial charge in [0, 0.05) is 29.1 Å². The number of hydrogen-bond donors (Lipinski definition) is 2. The zero-order valence-electron chi connectivity index (χ0n) is 9.13. The molecule has 0 spiro atoms. The van der Waals surface area contributed by atoms with E-state index in [1.807, 2.05) is 12.1 Å². The van der Waals surface area contributed by atoms with Crippen LogP contribution in [0, 0.1) is 6.92 Å². The SMILES string of the molecule is COc1ccc2c(C)c(CCN)[nH]c2c1. The number of nitrogens with one attached hydrogen (secondary N) is 1. The van der Waals surface area contributed by atoms with E-state index in [1.165, 1.54) is 16.6 Å². The minimum absolute atomic E-state index is 0.671. The molecule has 1 aromatic carbocycles. The highest BCUT2D eigenvalue weighted by Crippen LogP contribution is 2.25. The zero-order valence-corrected chi connectivity index (χ0v) is 9.13. The predicted molar refractivity (Wildman–Crippen MR) is 62.3 cm³/mol. The fourth-order valence-electron chi connectivity index (χ4n) is 1.89. The summed E-state index contributed by atoms with van der Waals surface area (Å²) in [6.07, 6.45) is 0.892. The smallest absolute Gasteiger partial charge is 0.120 e. The zero-order chi connectivity index (χ0) is 10.8. The molecule has 0 fully saturated rings. The van der Waals surface area contributed by atoms with Gasteiger partial charge in [-0.15, -0.1) is 0 Å². The molecule has 2 aromatic rings. The van der Waals surface area contributed by atoms with E-state index < -0.39 is 0 Å². The van der Waals surface area contributed by atoms with Gasteiger partial charge in [0.15, 0.2) is 0 Å². The van der Waals surface area contributed by atoms with Gasteiger partial charge in [-0.05, 0) is 31.2 Å². The third-order valence-electron chi connectivity index (χ3n) is 2.76. The van der Waals surface area contributed by atoms with Gasteiger partial charge in [0.2, 0.25) is 0 Å². The summed E-state index contributed by atoms with van der Waals surface area (Å²) in [7, 11) is 1.68. The van der Waals surface area contributed by atoms with Gasteiger partial charge in [0.1, 0.15) is 5.75 Å². The van der Waals surface area contributed by atoms with Crippen molar-refractivity contribution in [2.75, 3.05) is 13.7 Å². The number of nitrogens with two attached hydrogens (primary N) is 1. The van der Waals surface area contributed by atoms with Crippen LogP contribution in [0.25, 0.3) is 10.9 Å². The molecule has 80 valence electrons. The molecule has 0 aliphatic rings. The van der Waals surface area contributed by atoms with Crippen molar-refractivity contribution in [3.63, 3.8) is 0 Å². The highest BCUT2D eigenvalue weighted by atomic mass is 16.5. The standard InChI is InChI=1S/C12H16N2O/c1-8-10-4-3-9(15-2)7-12(10)14-11(8)5-6-13/h3-4,7,14H,5-6,13H2,1-2H3. The second-order valence-corrected chi connectivity index (χ2v) is 3.68. The van der Waals surface area contributed by atoms with E-state index in [4.69, 9.17) is 10.5 Å². The van der Waals surface area contributed by atoms with Gasteiger partial charge in [0.05, 0.1) is 7.11 Å². The van der Waals surface area contributed by atoms with E-state index in [1.54, 1.807) is 7.11 Å². The lowest BCUT2D eigenvalue weighted by Gasteiger charge is -1.98. The number of hydrogen-bond acceptors (Lipinski definition) is 2. The number of aryl methyl sites for hydroxylation is 1. The lowest BCUT2D eigenvalue weighted by Crippen LogP contribution is -2.03. The Morgan fingerprint density at radius 2 is 2.20 bits per heavy atom. The Morgan fingerprint density at radius 1 is 1.40 bits per heavy atom. The van der Waals surface area contributed by atoms with Crippen molar-refractivity contribution >= 4 is 10.9 Å². The average molecular weight is 204 g/mol. The summed E-state index contributed by atoms with van der Waals surface area (Å²) in [4.78, 5) is 3.38. The highest BCUT2D eigenvalue weighted by Gasteiger charge is 2.07. The molecule has 15 heavy (non-hydrogen) atoms. The first-order chi connectivity index (χ1) is 7.26. The maximum absolute atomic E-state index is 5.56. The molecular weight excluding hydrogens is 188 g/mol. The monoisotopic (exact) mass is 204 g/mol. The molecule has 3 heteroatoms. The largest absolute Gasteiger partial charge is 0.497 e. The molecule has 0 saturated heterocycles. The van der Waals surface area contributed by atoms with Crippen LogP contribution >= 0.6 is 0 Å². The second-order valence-electron chi connectivity index (χ2n) is 3.68. The molecule has 0 radical (unpaired) electrons. The van der Waals surface area contributed by atoms with E-state index >= 15 is 0 Å². The topological polar surface area (TPSA) is 51.0 Å². The van der Waals surface area contributed by atoms with E-state index in [0.717, 1.165) is 17.7 Å². The van der Waals surface area contributed by atoms with Crippen LogP contribution in [0.5, 0.6) is 5.75 Å². The van der Waals surface area contributed by atoms with Gasteiger partial charge in [-0.3, -0.25) is 0 Å². The van der Waals surface area contributed by atoms with Crippen molar-refractivity contribution in [2.24, 2.45) is 5.73 Å². The van der Waals surface area contributed by atoms with Crippen LogP contribution in [0.4, 0.5) is 0 Å². The van der Waals surface area contributed by atoms with Gasteiger partial charge in [-0.2, -0.15) is 0 Å². The van der Waals surface area contributed by atoms with Crippen molar-refractivity contribution in [1.29, 1.82) is 0 Å². The summed E-state index contributed by atoms with van der Waals surface area (Å²) < 4.78 is 5.19. The van der Waals surface area contributed by atoms with Crippen molar-refractivity contribution in [2.45, 2.75) is 13.3 Å². The summed E-state index contributed by atoms with van der Waals surface area (Å²) in [6, 6.07) is 6.08. The van der Waals surface area contributed by atoms with E-state index in [2.05, 4.69) is 18.0 Å². The minimum Gasteiger partial charge on any atom is -0.497 e. The number of fused-ring (bicyclic) bond motifs is 1. The fraction of sp³-hybridized carbons (Fsp3) is 0.333. The van der Waals surface area contributed by atoms with Crippen LogP contribution in [-0.4, -0.2) is 18.6 Å². The Kier molecular flexibility index (Phi) is 2.64. The molecule has 0 bridgehead atoms. The summed E-state index contributed by atoms with van der Waals surface area (Å²) in [5, 5.41) is 1.25. The molecule has 0 saturated carbocycles. The van der Waals surface area contributed by atoms with Crippen LogP contribution in [0.1, 0.15) is 11.3 Å². The van der Waals surface area contributed by atoms with Gasteiger partial charge in [-0.1, -0.05) is 0 Å². The predicted octanol–water partition coefficient (Wildman–Crippen LogP) is 1.99. The summed E-state index contributed by atoms with van der Waals surface area (Å²) in [5.74, 6) is 0.878. The fourth-order valence-corrected chi connectivity index (χ4v) is 1.89. The second kappa shape index (κ2) is 3.95. The molecule has 0 amide bonds. The van der Waals surface area contributed by atoms with Crippen LogP contribution in [0.3, 0.4) is 0 Å². The summed E-state index contributed by atoms with van der Waals surface area (Å²) >= 11 is 0. The molecule has 1 aromatic heterocycles. The summed E-state index contributed by atoms with van der Waals surface area (Å²) in [5.41, 5.74) is 9.20. The maximum Gasteiger partial charge on any atom is 0.120 e. The maximum atomic E-state index is 5.56. The Balaban J connectivity index is 2.55. The molecule has 3 N–H and O–H groups in total. The van der Waals surface area contributed by atoms with Gasteiger partial charge >= 0.3 is 0 Å². The Bertz CT molecular complexity index is 474. The molecule has 0 atom stereocenters. The number of benzene rings is 1. The lowest BCUT2D eigenvalue weighted by atomic mass is 10.1. The Morgan fingerprint density at radius 3 is 2.87 bits per heavy atom. The third-order valence-corrected chi connectivity index (χ3v) is 2.76. The molecule has 1 heterocycles. The Hall–Kier alpha value is -1.48. The molecule has 2 rings (SSSR count). The normalized spacial score (nSPS) is 10.9. The molecule has 3 nitrogen and oxygen atoms in total. The third kappa shape index (κ3) is 1.70. The Labute approximate surface area is 89.2 Å². The first-order valence-electron chi connectivity index (χ1n) is 5.11. The quantitative estimate of drug-likeness (QED) is 0.803. The number of methoxy groups -OCH3 is 1. The molecular formula is C12H16N2O. The van der Waals surface area contributed by atoms with Crippen molar-refractivity contribution in [3.05, 3.63) is 29.5 Å². The van der Waals surface area contributed by atoms with Crippen LogP contribution in [-0.2, 0) is 6.42 Å². The van der Waals surface area contributed by atoms with E-state index in [0.29, 0.717) is 6.54 Å². The van der Waals surface area contributed by atoms with E-state index in [-0.39, 0.29) is 0 Å². The number of aromatic amines is 1. The minimum atomic E-state index is 0.671. The van der Waals surface area contributed by atoms with Crippen molar-refractivity contribution in [1.82, 2.24) is 4.98 Å². The number of aromatic nitrogens is 1. The van der Waals surface area contributed by atoms with Crippen LogP contribution in [0.2, 0.25) is 0 Å². The van der Waals surface area contributed by atoms with E-state index in [9.17, 15) is 0 Å².